The van der Waals surface area contributed by atoms with Crippen molar-refractivity contribution in [1.29, 1.82) is 0 Å². The molecule has 0 aliphatic rings. The highest BCUT2D eigenvalue weighted by Crippen LogP contribution is 2.21. The van der Waals surface area contributed by atoms with Gasteiger partial charge >= 0.3 is 0 Å². The van der Waals surface area contributed by atoms with Gasteiger partial charge in [0.2, 0.25) is 0 Å². The fourth-order valence-electron chi connectivity index (χ4n) is 1.03. The van der Waals surface area contributed by atoms with Crippen molar-refractivity contribution in [1.82, 2.24) is 0 Å². The van der Waals surface area contributed by atoms with Crippen LogP contribution in [-0.2, 0) is 0 Å². The standard InChI is InChI=1S/C9H15NOS/c1-6(2)8(10)9(11)7-3-4-12-5-7/h3-6,8-9,11H,10H2,1-2H3. The van der Waals surface area contributed by atoms with Gasteiger partial charge in [0.15, 0.2) is 0 Å². The van der Waals surface area contributed by atoms with Crippen LogP contribution in [0.3, 0.4) is 0 Å². The molecule has 0 spiro atoms. The maximum absolute atomic E-state index is 9.73. The van der Waals surface area contributed by atoms with Crippen LogP contribution in [0.25, 0.3) is 0 Å². The molecule has 3 N–H and O–H groups in total. The first-order valence-corrected chi connectivity index (χ1v) is 5.03. The summed E-state index contributed by atoms with van der Waals surface area (Å²) in [5, 5.41) is 13.6. The zero-order valence-electron chi connectivity index (χ0n) is 7.40. The summed E-state index contributed by atoms with van der Waals surface area (Å²) >= 11 is 1.58. The maximum atomic E-state index is 9.73. The number of hydrogen-bond donors (Lipinski definition) is 2. The lowest BCUT2D eigenvalue weighted by Crippen LogP contribution is -2.33. The van der Waals surface area contributed by atoms with Crippen LogP contribution in [0.4, 0.5) is 0 Å². The first kappa shape index (κ1) is 9.71. The normalized spacial score (nSPS) is 16.4. The SMILES string of the molecule is CC(C)C(N)C(O)c1ccsc1. The number of thiophene rings is 1. The molecular formula is C9H15NOS. The fraction of sp³-hybridized carbons (Fsp3) is 0.556. The molecule has 1 aromatic heterocycles. The molecule has 1 aromatic rings. The third kappa shape index (κ3) is 2.06. The molecular weight excluding hydrogens is 170 g/mol. The Kier molecular flexibility index (Phi) is 3.26. The predicted octanol–water partition coefficient (Wildman–Crippen LogP) is 1.76. The van der Waals surface area contributed by atoms with E-state index in [-0.39, 0.29) is 6.04 Å². The Hall–Kier alpha value is -0.380. The van der Waals surface area contributed by atoms with E-state index in [4.69, 9.17) is 5.73 Å². The molecule has 2 nitrogen and oxygen atoms in total. The van der Waals surface area contributed by atoms with E-state index in [1.807, 2.05) is 30.7 Å². The third-order valence-corrected chi connectivity index (χ3v) is 2.72. The highest BCUT2D eigenvalue weighted by molar-refractivity contribution is 7.07. The van der Waals surface area contributed by atoms with Crippen LogP contribution in [0.2, 0.25) is 0 Å². The topological polar surface area (TPSA) is 46.2 Å². The van der Waals surface area contributed by atoms with Crippen LogP contribution in [0.15, 0.2) is 16.8 Å². The summed E-state index contributed by atoms with van der Waals surface area (Å²) in [6, 6.07) is 1.75. The van der Waals surface area contributed by atoms with Gasteiger partial charge in [-0.2, -0.15) is 11.3 Å². The van der Waals surface area contributed by atoms with E-state index >= 15 is 0 Å². The molecule has 2 unspecified atom stereocenters. The van der Waals surface area contributed by atoms with Gasteiger partial charge in [-0.25, -0.2) is 0 Å². The predicted molar refractivity (Wildman–Crippen MR) is 52.1 cm³/mol. The molecule has 1 heterocycles. The highest BCUT2D eigenvalue weighted by atomic mass is 32.1. The minimum absolute atomic E-state index is 0.167. The van der Waals surface area contributed by atoms with E-state index in [2.05, 4.69) is 0 Å². The molecule has 3 heteroatoms. The summed E-state index contributed by atoms with van der Waals surface area (Å²) in [6.45, 7) is 4.03. The van der Waals surface area contributed by atoms with Crippen molar-refractivity contribution in [3.05, 3.63) is 22.4 Å². The van der Waals surface area contributed by atoms with Crippen LogP contribution in [0.1, 0.15) is 25.5 Å². The van der Waals surface area contributed by atoms with Gasteiger partial charge in [-0.05, 0) is 28.3 Å². The van der Waals surface area contributed by atoms with E-state index < -0.39 is 6.10 Å². The lowest BCUT2D eigenvalue weighted by molar-refractivity contribution is 0.126. The van der Waals surface area contributed by atoms with Crippen molar-refractivity contribution in [3.63, 3.8) is 0 Å². The van der Waals surface area contributed by atoms with Gasteiger partial charge in [-0.1, -0.05) is 13.8 Å². The highest BCUT2D eigenvalue weighted by Gasteiger charge is 2.19. The second-order valence-corrected chi connectivity index (χ2v) is 4.10. The zero-order chi connectivity index (χ0) is 9.14. The lowest BCUT2D eigenvalue weighted by Gasteiger charge is -2.21. The van der Waals surface area contributed by atoms with Gasteiger partial charge in [0.25, 0.3) is 0 Å². The van der Waals surface area contributed by atoms with Crippen LogP contribution < -0.4 is 5.73 Å². The van der Waals surface area contributed by atoms with Crippen molar-refractivity contribution in [2.75, 3.05) is 0 Å². The smallest absolute Gasteiger partial charge is 0.0951 e. The Morgan fingerprint density at radius 3 is 2.58 bits per heavy atom. The number of nitrogens with two attached hydrogens (primary N) is 1. The third-order valence-electron chi connectivity index (χ3n) is 2.02. The summed E-state index contributed by atoms with van der Waals surface area (Å²) in [4.78, 5) is 0. The Morgan fingerprint density at radius 1 is 1.50 bits per heavy atom. The summed E-state index contributed by atoms with van der Waals surface area (Å²) < 4.78 is 0. The molecule has 0 fully saturated rings. The molecule has 0 bridgehead atoms. The molecule has 68 valence electrons. The number of rotatable bonds is 3. The van der Waals surface area contributed by atoms with Gasteiger partial charge in [0, 0.05) is 6.04 Å². The van der Waals surface area contributed by atoms with Gasteiger partial charge in [0.1, 0.15) is 0 Å². The molecule has 0 aliphatic heterocycles. The minimum atomic E-state index is -0.517. The van der Waals surface area contributed by atoms with E-state index in [0.717, 1.165) is 5.56 Å². The number of hydrogen-bond acceptors (Lipinski definition) is 3. The van der Waals surface area contributed by atoms with E-state index in [1.165, 1.54) is 0 Å². The van der Waals surface area contributed by atoms with Crippen LogP contribution in [0.5, 0.6) is 0 Å². The molecule has 0 aliphatic carbocycles. The van der Waals surface area contributed by atoms with E-state index in [1.54, 1.807) is 11.3 Å². The van der Waals surface area contributed by atoms with Gasteiger partial charge < -0.3 is 10.8 Å². The Bertz CT molecular complexity index is 220. The summed E-state index contributed by atoms with van der Waals surface area (Å²) in [6.07, 6.45) is -0.517. The average Bonchev–Trinajstić information content (AvgIpc) is 2.53. The second-order valence-electron chi connectivity index (χ2n) is 3.32. The van der Waals surface area contributed by atoms with Crippen LogP contribution in [0, 0.1) is 5.92 Å². The quantitative estimate of drug-likeness (QED) is 0.753. The van der Waals surface area contributed by atoms with Crippen molar-refractivity contribution in [3.8, 4) is 0 Å². The Balaban J connectivity index is 2.65. The fourth-order valence-corrected chi connectivity index (χ4v) is 1.72. The van der Waals surface area contributed by atoms with Crippen LogP contribution in [-0.4, -0.2) is 11.1 Å². The van der Waals surface area contributed by atoms with Gasteiger partial charge in [-0.15, -0.1) is 0 Å². The largest absolute Gasteiger partial charge is 0.387 e. The summed E-state index contributed by atoms with van der Waals surface area (Å²) in [7, 11) is 0. The summed E-state index contributed by atoms with van der Waals surface area (Å²) in [5.41, 5.74) is 6.74. The first-order valence-electron chi connectivity index (χ1n) is 4.08. The molecule has 1 rings (SSSR count). The molecule has 0 saturated heterocycles. The minimum Gasteiger partial charge on any atom is -0.387 e. The Morgan fingerprint density at radius 2 is 2.17 bits per heavy atom. The van der Waals surface area contributed by atoms with Crippen molar-refractivity contribution < 1.29 is 5.11 Å². The van der Waals surface area contributed by atoms with Gasteiger partial charge in [-0.3, -0.25) is 0 Å². The molecule has 0 aromatic carbocycles. The average molecular weight is 185 g/mol. The first-order chi connectivity index (χ1) is 5.63. The van der Waals surface area contributed by atoms with Gasteiger partial charge in [0.05, 0.1) is 6.10 Å². The van der Waals surface area contributed by atoms with E-state index in [9.17, 15) is 5.11 Å². The summed E-state index contributed by atoms with van der Waals surface area (Å²) in [5.74, 6) is 0.305. The molecule has 0 saturated carbocycles. The van der Waals surface area contributed by atoms with Crippen molar-refractivity contribution in [2.24, 2.45) is 11.7 Å². The molecule has 2 atom stereocenters. The molecule has 0 radical (unpaired) electrons. The molecule has 0 amide bonds. The zero-order valence-corrected chi connectivity index (χ0v) is 8.21. The molecule has 12 heavy (non-hydrogen) atoms. The second kappa shape index (κ2) is 4.03. The Labute approximate surface area is 77.0 Å². The van der Waals surface area contributed by atoms with Crippen molar-refractivity contribution >= 4 is 11.3 Å². The number of aliphatic hydroxyl groups excluding tert-OH is 1. The van der Waals surface area contributed by atoms with E-state index in [0.29, 0.717) is 5.92 Å². The number of aliphatic hydroxyl groups is 1. The maximum Gasteiger partial charge on any atom is 0.0951 e. The van der Waals surface area contributed by atoms with Crippen LogP contribution >= 0.6 is 11.3 Å². The monoisotopic (exact) mass is 185 g/mol. The van der Waals surface area contributed by atoms with Crippen molar-refractivity contribution in [2.45, 2.75) is 26.0 Å². The lowest BCUT2D eigenvalue weighted by atomic mass is 9.96.